The molecule has 8 bridgehead atoms. The summed E-state index contributed by atoms with van der Waals surface area (Å²) in [4.78, 5) is 0. The lowest BCUT2D eigenvalue weighted by Gasteiger charge is -2.60. The normalized spacial score (nSPS) is 33.6. The molecule has 0 aliphatic carbocycles. The fourth-order valence-corrected chi connectivity index (χ4v) is 52.4. The van der Waals surface area contributed by atoms with E-state index in [1.54, 1.807) is 0 Å². The minimum Gasteiger partial charge on any atom is -0.394 e. The van der Waals surface area contributed by atoms with Gasteiger partial charge in [0.15, 0.2) is 0 Å². The third-order valence-electron chi connectivity index (χ3n) is 13.2. The number of unbranched alkanes of at least 4 members (excludes halogenated alkanes) is 21. The maximum absolute atomic E-state index is 11.8. The van der Waals surface area contributed by atoms with Gasteiger partial charge in [0.05, 0.1) is 12.7 Å². The molecule has 22 heteroatoms. The molecule has 6 aliphatic heterocycles. The van der Waals surface area contributed by atoms with Gasteiger partial charge in [0.25, 0.3) is 0 Å². The van der Waals surface area contributed by atoms with Crippen LogP contribution in [0.1, 0.15) is 228 Å². The van der Waals surface area contributed by atoms with Gasteiger partial charge in [-0.15, -0.1) is 0 Å². The van der Waals surface area contributed by atoms with Gasteiger partial charge in [-0.3, -0.25) is 0 Å². The monoisotopic (exact) mass is 1170 g/mol. The first-order valence-corrected chi connectivity index (χ1v) is 43.9. The van der Waals surface area contributed by atoms with Crippen LogP contribution in [0.25, 0.3) is 0 Å². The van der Waals surface area contributed by atoms with Gasteiger partial charge in [-0.1, -0.05) is 181 Å². The molecule has 0 radical (unpaired) electrons. The molecule has 422 valence electrons. The molecule has 6 rings (SSSR count). The second-order valence-electron chi connectivity index (χ2n) is 20.5. The van der Waals surface area contributed by atoms with Crippen LogP contribution in [-0.2, 0) is 49.4 Å². The number of rotatable bonds is 38. The maximum atomic E-state index is 11.8. The highest BCUT2D eigenvalue weighted by Gasteiger charge is 2.82. The minimum absolute atomic E-state index is 0.267. The Hall–Kier alpha value is -0.645. The first kappa shape index (κ1) is 64.2. The molecule has 0 aromatic carbocycles. The highest BCUT2D eigenvalue weighted by atomic mass is 28.6. The Morgan fingerprint density at radius 3 is 0.622 bits per heavy atom. The van der Waals surface area contributed by atoms with Gasteiger partial charge < -0.3 is 59.6 Å². The molecule has 74 heavy (non-hydrogen) atoms. The summed E-state index contributed by atoms with van der Waals surface area (Å²) in [6.07, 6.45) is 39.6. The zero-order valence-electron chi connectivity index (χ0n) is 46.7. The van der Waals surface area contributed by atoms with Crippen molar-refractivity contribution in [2.75, 3.05) is 6.61 Å². The fraction of sp³-hybridized carbons (Fsp3) is 0.731. The molecular formula is C52H98O14Si8. The number of aliphatic hydroxyl groups is 2. The molecule has 5 unspecified atom stereocenters. The highest BCUT2D eigenvalue weighted by molar-refractivity contribution is 7.07. The lowest BCUT2D eigenvalue weighted by molar-refractivity contribution is -0.0133. The van der Waals surface area contributed by atoms with Crippen molar-refractivity contribution in [2.24, 2.45) is 0 Å². The molecule has 6 saturated heterocycles. The molecule has 0 amide bonds. The summed E-state index contributed by atoms with van der Waals surface area (Å²) >= 11 is 0. The van der Waals surface area contributed by atoms with Crippen molar-refractivity contribution in [1.82, 2.24) is 0 Å². The third-order valence-corrected chi connectivity index (χ3v) is 46.3. The summed E-state index contributed by atoms with van der Waals surface area (Å²) in [6, 6.07) is -0.267. The van der Waals surface area contributed by atoms with Crippen LogP contribution in [0.3, 0.4) is 0 Å². The largest absolute Gasteiger partial charge is 0.507 e. The minimum atomic E-state index is -4.58. The van der Waals surface area contributed by atoms with E-state index < -0.39 is 83.1 Å². The van der Waals surface area contributed by atoms with Crippen LogP contribution in [0.5, 0.6) is 0 Å². The van der Waals surface area contributed by atoms with E-state index in [1.165, 1.54) is 0 Å². The van der Waals surface area contributed by atoms with Crippen molar-refractivity contribution < 1.29 is 59.6 Å². The average Bonchev–Trinajstić information content (AvgIpc) is 3.33. The van der Waals surface area contributed by atoms with E-state index in [0.717, 1.165) is 161 Å². The number of allylic oxidation sites excluding steroid dienone is 7. The summed E-state index contributed by atoms with van der Waals surface area (Å²) in [5.74, 6) is 0. The summed E-state index contributed by atoms with van der Waals surface area (Å²) in [7, 11) is -35.6. The van der Waals surface area contributed by atoms with Crippen LogP contribution in [0.2, 0.25) is 6.04 Å². The number of aliphatic hydroxyl groups excluding tert-OH is 2. The van der Waals surface area contributed by atoms with Crippen LogP contribution in [0.4, 0.5) is 0 Å². The summed E-state index contributed by atoms with van der Waals surface area (Å²) in [5.41, 5.74) is 13.5. The van der Waals surface area contributed by atoms with Gasteiger partial charge in [0.2, 0.25) is 0 Å². The Labute approximate surface area is 456 Å². The first-order valence-electron chi connectivity index (χ1n) is 29.3. The van der Waals surface area contributed by atoms with Crippen LogP contribution >= 0.6 is 0 Å². The van der Waals surface area contributed by atoms with E-state index in [-0.39, 0.29) is 6.04 Å². The van der Waals surface area contributed by atoms with Gasteiger partial charge in [-0.25, -0.2) is 0 Å². The van der Waals surface area contributed by atoms with Crippen LogP contribution < -0.4 is 0 Å². The second-order valence-corrected chi connectivity index (χ2v) is 42.8. The van der Waals surface area contributed by atoms with Crippen molar-refractivity contribution in [3.05, 3.63) is 82.4 Å². The summed E-state index contributed by atoms with van der Waals surface area (Å²) in [6.45, 7) is 14.7. The molecule has 0 aromatic heterocycles. The molecule has 0 spiro atoms. The van der Waals surface area contributed by atoms with Gasteiger partial charge in [-0.2, -0.15) is 0 Å². The maximum Gasteiger partial charge on any atom is 0.507 e. The quantitative estimate of drug-likeness (QED) is 0.0446. The lowest BCUT2D eigenvalue weighted by atomic mass is 10.2. The van der Waals surface area contributed by atoms with Crippen molar-refractivity contribution in [2.45, 2.75) is 240 Å². The van der Waals surface area contributed by atoms with Crippen molar-refractivity contribution in [3.8, 4) is 0 Å². The molecule has 0 saturated carbocycles. The molecule has 6 heterocycles. The van der Waals surface area contributed by atoms with E-state index in [4.69, 9.17) is 49.4 Å². The Kier molecular flexibility index (Phi) is 28.2. The van der Waals surface area contributed by atoms with E-state index in [1.807, 2.05) is 39.9 Å². The number of hydrogen-bond donors (Lipinski definition) is 2. The van der Waals surface area contributed by atoms with E-state index in [9.17, 15) is 10.2 Å². The molecule has 2 N–H and O–H groups in total. The van der Waals surface area contributed by atoms with Gasteiger partial charge in [0.1, 0.15) is 0 Å². The van der Waals surface area contributed by atoms with Crippen molar-refractivity contribution >= 4 is 70.4 Å². The SMILES string of the molecule is CCCCC/C=C\[Si]12O[Si]3(/C=C/CCCCC)O[Si]4(/C=C/CCCCC)O[Si](/C=C/CCCCC)(O1)O[Si]1(CC(O)CO)O[Si](/C=C/CCCCC)(O2)O[Si](/C=C/CCCCC)(O3)O[Si](/C=C/CCCCC)(O4)O1. The van der Waals surface area contributed by atoms with E-state index in [2.05, 4.69) is 91.0 Å². The summed E-state index contributed by atoms with van der Waals surface area (Å²) < 4.78 is 93.4. The van der Waals surface area contributed by atoms with Gasteiger partial charge in [-0.05, 0) is 130 Å². The fourth-order valence-electron chi connectivity index (χ4n) is 9.31. The predicted molar refractivity (Wildman–Crippen MR) is 310 cm³/mol. The lowest BCUT2D eigenvalue weighted by Crippen LogP contribution is -2.87. The van der Waals surface area contributed by atoms with Crippen molar-refractivity contribution in [1.29, 1.82) is 0 Å². The topological polar surface area (TPSA) is 151 Å². The Morgan fingerprint density at radius 2 is 0.459 bits per heavy atom. The smallest absolute Gasteiger partial charge is 0.394 e. The second kappa shape index (κ2) is 32.6. The Bertz CT molecular complexity index is 1640. The predicted octanol–water partition coefficient (Wildman–Crippen LogP) is 13.8. The first-order chi connectivity index (χ1) is 35.9. The molecule has 0 aromatic rings. The van der Waals surface area contributed by atoms with Gasteiger partial charge >= 0.3 is 70.4 Å². The van der Waals surface area contributed by atoms with Gasteiger partial charge in [0, 0.05) is 6.04 Å². The highest BCUT2D eigenvalue weighted by Crippen LogP contribution is 2.51. The summed E-state index contributed by atoms with van der Waals surface area (Å²) in [5, 5.41) is 22.5. The third kappa shape index (κ3) is 19.6. The van der Waals surface area contributed by atoms with Crippen LogP contribution in [0.15, 0.2) is 82.4 Å². The molecule has 6 aliphatic rings. The molecule has 6 fully saturated rings. The molecule has 5 atom stereocenters. The molecular weight excluding hydrogens is 1070 g/mol. The Morgan fingerprint density at radius 1 is 0.284 bits per heavy atom. The van der Waals surface area contributed by atoms with E-state index in [0.29, 0.717) is 19.3 Å². The van der Waals surface area contributed by atoms with Crippen LogP contribution in [-0.4, -0.2) is 93.4 Å². The van der Waals surface area contributed by atoms with E-state index >= 15 is 0 Å². The van der Waals surface area contributed by atoms with Crippen molar-refractivity contribution in [3.63, 3.8) is 0 Å². The molecule has 14 nitrogen and oxygen atoms in total. The standard InChI is InChI=1S/C52H98O14Si8/c1-8-15-22-29-36-43-67-55-68(44-37-30-23-16-9-2)58-71(47-40-33-26-19-12-5)60-69(56-67,45-38-31-24-17-10-3)62-73(49-42-35-28-21-14-7)63-70(57-67,46-39-32-25-18-11-4)61-72(59-68,48-41-34-27-20-13-6)65-74(64-71,66-73)51-52(54)50-53/h36-49,52-54H,8-35,50-51H2,1-7H3/b43-36+,44-37-,45-38+,46-39+,47-40+,48-41+,49-42+. The zero-order valence-corrected chi connectivity index (χ0v) is 54.7. The van der Waals surface area contributed by atoms with Crippen LogP contribution in [0, 0.1) is 0 Å². The Balaban J connectivity index is 1.97. The average molecular weight is 1170 g/mol. The number of hydrogen-bond acceptors (Lipinski definition) is 14. The zero-order chi connectivity index (χ0) is 53.2.